The van der Waals surface area contributed by atoms with E-state index in [9.17, 15) is 0 Å². The van der Waals surface area contributed by atoms with Gasteiger partial charge in [0.2, 0.25) is 5.28 Å². The number of hydrogen-bond donors (Lipinski definition) is 0. The number of ether oxygens (including phenoxy) is 1. The molecule has 0 N–H and O–H groups in total. The highest BCUT2D eigenvalue weighted by atomic mass is 35.5. The summed E-state index contributed by atoms with van der Waals surface area (Å²) in [6.45, 7) is 6.35. The molecule has 4 nitrogen and oxygen atoms in total. The van der Waals surface area contributed by atoms with Gasteiger partial charge in [0.15, 0.2) is 0 Å². The third kappa shape index (κ3) is 4.21. The second-order valence-electron chi connectivity index (χ2n) is 6.60. The van der Waals surface area contributed by atoms with Crippen LogP contribution in [0.2, 0.25) is 5.28 Å². The monoisotopic (exact) mass is 423 g/mol. The number of aromatic nitrogens is 2. The topological polar surface area (TPSA) is 38.3 Å². The Morgan fingerprint density at radius 3 is 2.45 bits per heavy atom. The van der Waals surface area contributed by atoms with Crippen molar-refractivity contribution in [3.05, 3.63) is 70.8 Å². The summed E-state index contributed by atoms with van der Waals surface area (Å²) in [7, 11) is 0. The molecule has 4 aromatic rings. The van der Waals surface area contributed by atoms with Crippen molar-refractivity contribution in [3.8, 4) is 16.9 Å². The van der Waals surface area contributed by atoms with Crippen LogP contribution in [0.5, 0.6) is 5.75 Å². The standard InChI is InChI=1S/C23H22ClN3OS/c1-3-27(14-16-8-6-5-7-9-16)21-20-19(15-29-22(20)26-23(24)25-21)17-10-12-18(13-11-17)28-4-2/h5-13,15H,3-4,14H2,1-2H3. The van der Waals surface area contributed by atoms with Crippen LogP contribution in [0.1, 0.15) is 19.4 Å². The molecule has 2 aromatic heterocycles. The Morgan fingerprint density at radius 2 is 1.76 bits per heavy atom. The van der Waals surface area contributed by atoms with Gasteiger partial charge in [-0.05, 0) is 48.7 Å². The Morgan fingerprint density at radius 1 is 1.00 bits per heavy atom. The number of thiophene rings is 1. The molecule has 0 saturated heterocycles. The minimum Gasteiger partial charge on any atom is -0.494 e. The fourth-order valence-electron chi connectivity index (χ4n) is 3.38. The fraction of sp³-hybridized carbons (Fsp3) is 0.217. The zero-order chi connectivity index (χ0) is 20.2. The molecule has 0 aliphatic heterocycles. The van der Waals surface area contributed by atoms with Crippen LogP contribution in [-0.4, -0.2) is 23.1 Å². The lowest BCUT2D eigenvalue weighted by Crippen LogP contribution is -2.23. The zero-order valence-corrected chi connectivity index (χ0v) is 18.0. The van der Waals surface area contributed by atoms with Gasteiger partial charge in [0.25, 0.3) is 0 Å². The highest BCUT2D eigenvalue weighted by Crippen LogP contribution is 2.39. The normalized spacial score (nSPS) is 11.0. The summed E-state index contributed by atoms with van der Waals surface area (Å²) < 4.78 is 5.58. The van der Waals surface area contributed by atoms with E-state index in [0.717, 1.165) is 46.0 Å². The number of halogens is 1. The van der Waals surface area contributed by atoms with Gasteiger partial charge in [0.05, 0.1) is 12.0 Å². The Labute approximate surface area is 179 Å². The van der Waals surface area contributed by atoms with Crippen LogP contribution < -0.4 is 9.64 Å². The molecule has 148 valence electrons. The molecule has 0 radical (unpaired) electrons. The van der Waals surface area contributed by atoms with Crippen LogP contribution in [0.15, 0.2) is 60.0 Å². The maximum atomic E-state index is 6.28. The second kappa shape index (κ2) is 8.80. The molecule has 0 bridgehead atoms. The van der Waals surface area contributed by atoms with Crippen LogP contribution in [0.25, 0.3) is 21.3 Å². The molecule has 0 fully saturated rings. The number of anilines is 1. The lowest BCUT2D eigenvalue weighted by molar-refractivity contribution is 0.340. The summed E-state index contributed by atoms with van der Waals surface area (Å²) in [6, 6.07) is 18.6. The fourth-order valence-corrected chi connectivity index (χ4v) is 4.53. The van der Waals surface area contributed by atoms with Crippen molar-refractivity contribution < 1.29 is 4.74 Å². The largest absolute Gasteiger partial charge is 0.494 e. The quantitative estimate of drug-likeness (QED) is 0.321. The van der Waals surface area contributed by atoms with Gasteiger partial charge in [-0.15, -0.1) is 11.3 Å². The molecule has 2 aromatic carbocycles. The zero-order valence-electron chi connectivity index (χ0n) is 16.4. The molecule has 29 heavy (non-hydrogen) atoms. The third-order valence-electron chi connectivity index (χ3n) is 4.76. The van der Waals surface area contributed by atoms with E-state index < -0.39 is 0 Å². The SMILES string of the molecule is CCOc1ccc(-c2csc3nc(Cl)nc(N(CC)Cc4ccccc4)c23)cc1. The first-order valence-corrected chi connectivity index (χ1v) is 10.9. The lowest BCUT2D eigenvalue weighted by atomic mass is 10.1. The first-order chi connectivity index (χ1) is 14.2. The van der Waals surface area contributed by atoms with Crippen molar-refractivity contribution in [3.63, 3.8) is 0 Å². The van der Waals surface area contributed by atoms with Crippen LogP contribution in [0.3, 0.4) is 0 Å². The minimum absolute atomic E-state index is 0.277. The molecule has 0 spiro atoms. The summed E-state index contributed by atoms with van der Waals surface area (Å²) >= 11 is 7.87. The first kappa shape index (κ1) is 19.7. The van der Waals surface area contributed by atoms with Crippen molar-refractivity contribution in [1.29, 1.82) is 0 Å². The highest BCUT2D eigenvalue weighted by molar-refractivity contribution is 7.17. The molecule has 6 heteroatoms. The maximum absolute atomic E-state index is 6.28. The van der Waals surface area contributed by atoms with Crippen molar-refractivity contribution in [2.45, 2.75) is 20.4 Å². The summed E-state index contributed by atoms with van der Waals surface area (Å²) in [4.78, 5) is 12.3. The Hall–Kier alpha value is -2.63. The van der Waals surface area contributed by atoms with Gasteiger partial charge in [-0.25, -0.2) is 4.98 Å². The molecule has 0 amide bonds. The predicted octanol–water partition coefficient (Wildman–Crippen LogP) is 6.44. The van der Waals surface area contributed by atoms with E-state index in [0.29, 0.717) is 6.61 Å². The smallest absolute Gasteiger partial charge is 0.225 e. The van der Waals surface area contributed by atoms with Crippen molar-refractivity contribution in [2.24, 2.45) is 0 Å². The van der Waals surface area contributed by atoms with E-state index in [1.807, 2.05) is 25.1 Å². The Bertz CT molecular complexity index is 1100. The lowest BCUT2D eigenvalue weighted by Gasteiger charge is -2.23. The first-order valence-electron chi connectivity index (χ1n) is 9.66. The predicted molar refractivity (Wildman–Crippen MR) is 122 cm³/mol. The molecule has 0 atom stereocenters. The molecule has 0 aliphatic rings. The minimum atomic E-state index is 0.277. The third-order valence-corrected chi connectivity index (χ3v) is 5.80. The average molecular weight is 424 g/mol. The summed E-state index contributed by atoms with van der Waals surface area (Å²) in [5, 5.41) is 3.45. The molecular formula is C23H22ClN3OS. The second-order valence-corrected chi connectivity index (χ2v) is 7.80. The number of hydrogen-bond acceptors (Lipinski definition) is 5. The maximum Gasteiger partial charge on any atom is 0.225 e. The Balaban J connectivity index is 1.80. The average Bonchev–Trinajstić information content (AvgIpc) is 3.17. The summed E-state index contributed by atoms with van der Waals surface area (Å²) in [6.07, 6.45) is 0. The highest BCUT2D eigenvalue weighted by Gasteiger charge is 2.19. The van der Waals surface area contributed by atoms with Gasteiger partial charge in [-0.2, -0.15) is 4.98 Å². The number of rotatable bonds is 7. The van der Waals surface area contributed by atoms with E-state index >= 15 is 0 Å². The van der Waals surface area contributed by atoms with Gasteiger partial charge < -0.3 is 9.64 Å². The molecule has 2 heterocycles. The van der Waals surface area contributed by atoms with E-state index in [-0.39, 0.29) is 5.28 Å². The van der Waals surface area contributed by atoms with Gasteiger partial charge in [-0.3, -0.25) is 0 Å². The van der Waals surface area contributed by atoms with Crippen LogP contribution in [0, 0.1) is 0 Å². The van der Waals surface area contributed by atoms with Crippen molar-refractivity contribution in [1.82, 2.24) is 9.97 Å². The van der Waals surface area contributed by atoms with Gasteiger partial charge in [-0.1, -0.05) is 42.5 Å². The number of fused-ring (bicyclic) bond motifs is 1. The molecular weight excluding hydrogens is 402 g/mol. The molecule has 0 saturated carbocycles. The summed E-state index contributed by atoms with van der Waals surface area (Å²) in [5.41, 5.74) is 3.46. The van der Waals surface area contributed by atoms with Crippen molar-refractivity contribution in [2.75, 3.05) is 18.1 Å². The van der Waals surface area contributed by atoms with Crippen LogP contribution in [-0.2, 0) is 6.54 Å². The van der Waals surface area contributed by atoms with E-state index in [4.69, 9.17) is 16.3 Å². The molecule has 0 aliphatic carbocycles. The molecule has 4 rings (SSSR count). The van der Waals surface area contributed by atoms with Gasteiger partial charge >= 0.3 is 0 Å². The number of nitrogens with zero attached hydrogens (tertiary/aromatic N) is 3. The van der Waals surface area contributed by atoms with Crippen LogP contribution in [0.4, 0.5) is 5.82 Å². The Kier molecular flexibility index (Phi) is 5.97. The van der Waals surface area contributed by atoms with Crippen LogP contribution >= 0.6 is 22.9 Å². The van der Waals surface area contributed by atoms with E-state index in [1.165, 1.54) is 5.56 Å². The van der Waals surface area contributed by atoms with E-state index in [1.54, 1.807) is 11.3 Å². The van der Waals surface area contributed by atoms with Gasteiger partial charge in [0.1, 0.15) is 16.4 Å². The molecule has 0 unspecified atom stereocenters. The number of benzene rings is 2. The summed E-state index contributed by atoms with van der Waals surface area (Å²) in [5.74, 6) is 1.74. The van der Waals surface area contributed by atoms with E-state index in [2.05, 4.69) is 63.6 Å². The van der Waals surface area contributed by atoms with Crippen molar-refractivity contribution >= 4 is 39.0 Å². The van der Waals surface area contributed by atoms with Gasteiger partial charge in [0, 0.05) is 24.0 Å².